The number of para-hydroxylation sites is 1. The first-order chi connectivity index (χ1) is 10.3. The minimum Gasteiger partial charge on any atom is -0.459 e. The topological polar surface area (TPSA) is 37.6 Å². The van der Waals surface area contributed by atoms with E-state index in [0.717, 1.165) is 49.5 Å². The number of fused-ring (bicyclic) bond motifs is 1. The van der Waals surface area contributed by atoms with Crippen LogP contribution in [0.1, 0.15) is 25.6 Å². The van der Waals surface area contributed by atoms with Crippen LogP contribution in [-0.2, 0) is 4.74 Å². The lowest BCUT2D eigenvalue weighted by Gasteiger charge is -2.36. The van der Waals surface area contributed by atoms with Crippen molar-refractivity contribution in [2.75, 3.05) is 32.8 Å². The van der Waals surface area contributed by atoms with Gasteiger partial charge in [-0.05, 0) is 25.2 Å². The molecule has 1 saturated heterocycles. The lowest BCUT2D eigenvalue weighted by molar-refractivity contribution is -0.0484. The predicted molar refractivity (Wildman–Crippen MR) is 84.5 cm³/mol. The molecule has 1 N–H and O–H groups in total. The van der Waals surface area contributed by atoms with Crippen LogP contribution in [0.4, 0.5) is 0 Å². The van der Waals surface area contributed by atoms with E-state index in [1.54, 1.807) is 0 Å². The van der Waals surface area contributed by atoms with E-state index in [4.69, 9.17) is 9.15 Å². The largest absolute Gasteiger partial charge is 0.459 e. The molecule has 21 heavy (non-hydrogen) atoms. The molecule has 0 saturated carbocycles. The van der Waals surface area contributed by atoms with Gasteiger partial charge in [0.1, 0.15) is 11.3 Å². The summed E-state index contributed by atoms with van der Waals surface area (Å²) in [7, 11) is 0. The predicted octanol–water partition coefficient (Wildman–Crippen LogP) is 2.80. The van der Waals surface area contributed by atoms with Gasteiger partial charge in [0.25, 0.3) is 0 Å². The van der Waals surface area contributed by atoms with Crippen molar-refractivity contribution in [3.8, 4) is 0 Å². The van der Waals surface area contributed by atoms with Crippen LogP contribution in [0.15, 0.2) is 34.7 Å². The molecule has 0 amide bonds. The van der Waals surface area contributed by atoms with Crippen molar-refractivity contribution in [2.45, 2.75) is 26.0 Å². The molecule has 2 heterocycles. The molecule has 0 radical (unpaired) electrons. The van der Waals surface area contributed by atoms with Gasteiger partial charge in [-0.15, -0.1) is 0 Å². The van der Waals surface area contributed by atoms with Crippen LogP contribution >= 0.6 is 0 Å². The number of hydrogen-bond acceptors (Lipinski definition) is 4. The Balaban J connectivity index is 1.86. The Labute approximate surface area is 126 Å². The van der Waals surface area contributed by atoms with Crippen molar-refractivity contribution in [2.24, 2.45) is 0 Å². The van der Waals surface area contributed by atoms with E-state index >= 15 is 0 Å². The van der Waals surface area contributed by atoms with E-state index in [1.165, 1.54) is 0 Å². The van der Waals surface area contributed by atoms with E-state index in [-0.39, 0.29) is 12.1 Å². The molecule has 1 aliphatic rings. The summed E-state index contributed by atoms with van der Waals surface area (Å²) in [6.07, 6.45) is 0.138. The summed E-state index contributed by atoms with van der Waals surface area (Å²) >= 11 is 0. The highest BCUT2D eigenvalue weighted by atomic mass is 16.5. The highest BCUT2D eigenvalue weighted by Crippen LogP contribution is 2.28. The van der Waals surface area contributed by atoms with Crippen molar-refractivity contribution in [1.29, 1.82) is 0 Å². The van der Waals surface area contributed by atoms with Crippen LogP contribution < -0.4 is 5.32 Å². The van der Waals surface area contributed by atoms with Crippen LogP contribution in [0.3, 0.4) is 0 Å². The summed E-state index contributed by atoms with van der Waals surface area (Å²) < 4.78 is 12.1. The number of morpholine rings is 1. The minimum atomic E-state index is 0.108. The van der Waals surface area contributed by atoms with Gasteiger partial charge in [0, 0.05) is 18.5 Å². The highest BCUT2D eigenvalue weighted by Gasteiger charge is 2.30. The van der Waals surface area contributed by atoms with Crippen molar-refractivity contribution in [3.63, 3.8) is 0 Å². The Hall–Kier alpha value is -1.36. The quantitative estimate of drug-likeness (QED) is 0.918. The summed E-state index contributed by atoms with van der Waals surface area (Å²) in [5.74, 6) is 0.973. The number of rotatable bonds is 5. The Morgan fingerprint density at radius 2 is 2.19 bits per heavy atom. The standard InChI is InChI=1S/C17H24N2O2/c1-3-18-17(16-12-19(4-2)9-10-20-16)15-11-13-7-5-6-8-14(13)21-15/h5-8,11,16-18H,3-4,9-10,12H2,1-2H3. The molecule has 0 aliphatic carbocycles. The molecule has 2 unspecified atom stereocenters. The van der Waals surface area contributed by atoms with Gasteiger partial charge in [-0.25, -0.2) is 0 Å². The summed E-state index contributed by atoms with van der Waals surface area (Å²) in [6.45, 7) is 9.05. The number of hydrogen-bond donors (Lipinski definition) is 1. The Bertz CT molecular complexity index is 548. The van der Waals surface area contributed by atoms with Gasteiger partial charge in [0.15, 0.2) is 0 Å². The first-order valence-electron chi connectivity index (χ1n) is 7.87. The van der Waals surface area contributed by atoms with Gasteiger partial charge < -0.3 is 14.5 Å². The van der Waals surface area contributed by atoms with Gasteiger partial charge >= 0.3 is 0 Å². The lowest BCUT2D eigenvalue weighted by atomic mass is 10.1. The zero-order valence-corrected chi connectivity index (χ0v) is 12.8. The maximum absolute atomic E-state index is 6.04. The molecule has 4 heteroatoms. The molecule has 1 fully saturated rings. The Morgan fingerprint density at radius 1 is 1.33 bits per heavy atom. The second-order valence-corrected chi connectivity index (χ2v) is 5.52. The van der Waals surface area contributed by atoms with E-state index in [0.29, 0.717) is 0 Å². The van der Waals surface area contributed by atoms with E-state index in [1.807, 2.05) is 18.2 Å². The second kappa shape index (κ2) is 6.60. The maximum atomic E-state index is 6.04. The highest BCUT2D eigenvalue weighted by molar-refractivity contribution is 5.77. The van der Waals surface area contributed by atoms with Crippen LogP contribution in [0.25, 0.3) is 11.0 Å². The van der Waals surface area contributed by atoms with Crippen molar-refractivity contribution >= 4 is 11.0 Å². The average Bonchev–Trinajstić information content (AvgIpc) is 2.96. The minimum absolute atomic E-state index is 0.108. The number of nitrogens with one attached hydrogen (secondary N) is 1. The summed E-state index contributed by atoms with van der Waals surface area (Å²) in [5.41, 5.74) is 0.943. The number of benzene rings is 1. The first-order valence-corrected chi connectivity index (χ1v) is 7.87. The lowest BCUT2D eigenvalue weighted by Crippen LogP contribution is -2.48. The molecular weight excluding hydrogens is 264 g/mol. The Kier molecular flexibility index (Phi) is 4.58. The van der Waals surface area contributed by atoms with E-state index in [2.05, 4.69) is 36.2 Å². The zero-order chi connectivity index (χ0) is 14.7. The number of nitrogens with zero attached hydrogens (tertiary/aromatic N) is 1. The normalized spacial score (nSPS) is 21.7. The molecule has 0 bridgehead atoms. The van der Waals surface area contributed by atoms with Gasteiger partial charge in [0.2, 0.25) is 0 Å². The van der Waals surface area contributed by atoms with Crippen LogP contribution in [-0.4, -0.2) is 43.8 Å². The molecule has 4 nitrogen and oxygen atoms in total. The van der Waals surface area contributed by atoms with Crippen molar-refractivity contribution in [3.05, 3.63) is 36.1 Å². The monoisotopic (exact) mass is 288 g/mol. The molecule has 1 aliphatic heterocycles. The van der Waals surface area contributed by atoms with Crippen LogP contribution in [0.2, 0.25) is 0 Å². The summed E-state index contributed by atoms with van der Waals surface area (Å²) in [4.78, 5) is 2.43. The summed E-state index contributed by atoms with van der Waals surface area (Å²) in [6, 6.07) is 10.4. The fourth-order valence-electron chi connectivity index (χ4n) is 3.01. The van der Waals surface area contributed by atoms with Gasteiger partial charge in [-0.2, -0.15) is 0 Å². The third kappa shape index (κ3) is 3.12. The van der Waals surface area contributed by atoms with Crippen molar-refractivity contribution < 1.29 is 9.15 Å². The molecule has 1 aromatic heterocycles. The molecule has 2 atom stereocenters. The fourth-order valence-corrected chi connectivity index (χ4v) is 3.01. The van der Waals surface area contributed by atoms with E-state index < -0.39 is 0 Å². The molecule has 1 aromatic carbocycles. The molecule has 0 spiro atoms. The maximum Gasteiger partial charge on any atom is 0.134 e. The second-order valence-electron chi connectivity index (χ2n) is 5.52. The molecular formula is C17H24N2O2. The third-order valence-electron chi connectivity index (χ3n) is 4.17. The smallest absolute Gasteiger partial charge is 0.134 e. The van der Waals surface area contributed by atoms with Gasteiger partial charge in [-0.3, -0.25) is 4.90 Å². The average molecular weight is 288 g/mol. The number of furan rings is 1. The van der Waals surface area contributed by atoms with Crippen LogP contribution in [0.5, 0.6) is 0 Å². The number of likely N-dealkylation sites (N-methyl/N-ethyl adjacent to an activating group) is 2. The molecule has 2 aromatic rings. The van der Waals surface area contributed by atoms with Crippen LogP contribution in [0, 0.1) is 0 Å². The summed E-state index contributed by atoms with van der Waals surface area (Å²) in [5, 5.41) is 4.68. The Morgan fingerprint density at radius 3 is 2.95 bits per heavy atom. The fraction of sp³-hybridized carbons (Fsp3) is 0.529. The van der Waals surface area contributed by atoms with E-state index in [9.17, 15) is 0 Å². The van der Waals surface area contributed by atoms with Gasteiger partial charge in [0.05, 0.1) is 18.8 Å². The third-order valence-corrected chi connectivity index (χ3v) is 4.17. The van der Waals surface area contributed by atoms with Gasteiger partial charge in [-0.1, -0.05) is 32.0 Å². The first kappa shape index (κ1) is 14.6. The number of ether oxygens (including phenoxy) is 1. The zero-order valence-electron chi connectivity index (χ0n) is 12.8. The molecule has 114 valence electrons. The van der Waals surface area contributed by atoms with Crippen molar-refractivity contribution in [1.82, 2.24) is 10.2 Å². The molecule has 3 rings (SSSR count). The SMILES string of the molecule is CCNC(c1cc2ccccc2o1)C1CN(CC)CCO1.